The molecule has 0 bridgehead atoms. The number of nitrogens with zero attached hydrogens (tertiary/aromatic N) is 2. The van der Waals surface area contributed by atoms with E-state index in [1.54, 1.807) is 18.2 Å². The molecule has 0 spiro atoms. The van der Waals surface area contributed by atoms with Gasteiger partial charge in [-0.2, -0.15) is 5.10 Å². The summed E-state index contributed by atoms with van der Waals surface area (Å²) in [5.41, 5.74) is 0.648. The van der Waals surface area contributed by atoms with E-state index in [9.17, 15) is 13.2 Å². The van der Waals surface area contributed by atoms with Crippen molar-refractivity contribution in [3.05, 3.63) is 23.2 Å². The molecule has 1 fully saturated rings. The summed E-state index contributed by atoms with van der Waals surface area (Å²) in [4.78, 5) is 1.30. The fourth-order valence-corrected chi connectivity index (χ4v) is 2.76. The van der Waals surface area contributed by atoms with E-state index in [1.165, 1.54) is 4.90 Å². The van der Waals surface area contributed by atoms with Gasteiger partial charge in [0.25, 0.3) is 5.92 Å². The van der Waals surface area contributed by atoms with Crippen LogP contribution < -0.4 is 4.90 Å². The fourth-order valence-electron chi connectivity index (χ4n) is 2.50. The van der Waals surface area contributed by atoms with Gasteiger partial charge in [-0.15, -0.1) is 0 Å². The molecule has 1 saturated heterocycles. The molecule has 1 aliphatic heterocycles. The minimum atomic E-state index is -2.90. The summed E-state index contributed by atoms with van der Waals surface area (Å²) in [5.74, 6) is -2.61. The van der Waals surface area contributed by atoms with Gasteiger partial charge in [0.1, 0.15) is 6.67 Å². The normalized spacial score (nSPS) is 22.3. The molecule has 1 aromatic carbocycles. The molecule has 0 aliphatic carbocycles. The predicted octanol–water partition coefficient (Wildman–Crippen LogP) is 3.40. The Bertz CT molecular complexity index is 613. The van der Waals surface area contributed by atoms with E-state index in [1.807, 2.05) is 0 Å². The SMILES string of the molecule is FC[C@@H]1CC(F)(F)CN1c1n[nH]c2cccc(Cl)c12. The second-order valence-electron chi connectivity index (χ2n) is 4.71. The lowest BCUT2D eigenvalue weighted by Crippen LogP contribution is -2.32. The van der Waals surface area contributed by atoms with Crippen molar-refractivity contribution in [3.8, 4) is 0 Å². The number of hydrogen-bond acceptors (Lipinski definition) is 2. The molecule has 0 unspecified atom stereocenters. The highest BCUT2D eigenvalue weighted by atomic mass is 35.5. The van der Waals surface area contributed by atoms with Crippen molar-refractivity contribution in [1.29, 1.82) is 0 Å². The minimum absolute atomic E-state index is 0.292. The van der Waals surface area contributed by atoms with Crippen molar-refractivity contribution >= 4 is 28.3 Å². The molecule has 1 aromatic heterocycles. The third-order valence-corrected chi connectivity index (χ3v) is 3.66. The lowest BCUT2D eigenvalue weighted by Gasteiger charge is -2.21. The van der Waals surface area contributed by atoms with Crippen molar-refractivity contribution in [2.75, 3.05) is 18.1 Å². The van der Waals surface area contributed by atoms with E-state index in [-0.39, 0.29) is 0 Å². The standard InChI is InChI=1S/C12H11ClF3N3/c13-8-2-1-3-9-10(8)11(18-17-9)19-6-12(15,16)4-7(19)5-14/h1-3,7H,4-6H2,(H,17,18)/t7-/m0/s1. The van der Waals surface area contributed by atoms with Crippen LogP contribution in [-0.4, -0.2) is 35.4 Å². The summed E-state index contributed by atoms with van der Waals surface area (Å²) in [5, 5.41) is 7.72. The Kier molecular flexibility index (Phi) is 2.85. The molecule has 7 heteroatoms. The van der Waals surface area contributed by atoms with E-state index in [0.29, 0.717) is 21.7 Å². The molecule has 2 heterocycles. The summed E-state index contributed by atoms with van der Waals surface area (Å²) in [7, 11) is 0. The van der Waals surface area contributed by atoms with Crippen LogP contribution in [-0.2, 0) is 0 Å². The molecule has 1 atom stereocenters. The first kappa shape index (κ1) is 12.6. The molecule has 3 rings (SSSR count). The molecule has 1 N–H and O–H groups in total. The second-order valence-corrected chi connectivity index (χ2v) is 5.11. The van der Waals surface area contributed by atoms with Crippen LogP contribution in [0.25, 0.3) is 10.9 Å². The highest BCUT2D eigenvalue weighted by Crippen LogP contribution is 2.39. The number of benzene rings is 1. The van der Waals surface area contributed by atoms with Gasteiger partial charge in [-0.25, -0.2) is 13.2 Å². The summed E-state index contributed by atoms with van der Waals surface area (Å²) in [6.45, 7) is -1.37. The molecule has 3 nitrogen and oxygen atoms in total. The lowest BCUT2D eigenvalue weighted by atomic mass is 10.2. The van der Waals surface area contributed by atoms with Gasteiger partial charge >= 0.3 is 0 Å². The van der Waals surface area contributed by atoms with E-state index in [4.69, 9.17) is 11.6 Å². The number of H-pyrrole nitrogens is 1. The first-order chi connectivity index (χ1) is 9.02. The van der Waals surface area contributed by atoms with Gasteiger partial charge < -0.3 is 4.90 Å². The number of fused-ring (bicyclic) bond motifs is 1. The molecule has 0 saturated carbocycles. The van der Waals surface area contributed by atoms with Crippen LogP contribution in [0.4, 0.5) is 19.0 Å². The number of aromatic nitrogens is 2. The number of aromatic amines is 1. The highest BCUT2D eigenvalue weighted by molar-refractivity contribution is 6.36. The number of hydrogen-bond donors (Lipinski definition) is 1. The molecule has 0 amide bonds. The Morgan fingerprint density at radius 2 is 2.26 bits per heavy atom. The average molecular weight is 290 g/mol. The van der Waals surface area contributed by atoms with Gasteiger partial charge in [-0.1, -0.05) is 17.7 Å². The molecule has 2 aromatic rings. The van der Waals surface area contributed by atoms with Crippen molar-refractivity contribution in [3.63, 3.8) is 0 Å². The lowest BCUT2D eigenvalue weighted by molar-refractivity contribution is 0.0215. The Balaban J connectivity index is 2.09. The highest BCUT2D eigenvalue weighted by Gasteiger charge is 2.46. The predicted molar refractivity (Wildman–Crippen MR) is 67.8 cm³/mol. The van der Waals surface area contributed by atoms with E-state index in [2.05, 4.69) is 10.2 Å². The fraction of sp³-hybridized carbons (Fsp3) is 0.417. The monoisotopic (exact) mass is 289 g/mol. The number of alkyl halides is 3. The van der Waals surface area contributed by atoms with Crippen molar-refractivity contribution in [1.82, 2.24) is 10.2 Å². The largest absolute Gasteiger partial charge is 0.343 e. The zero-order valence-electron chi connectivity index (χ0n) is 9.84. The van der Waals surface area contributed by atoms with Gasteiger partial charge in [0.15, 0.2) is 5.82 Å². The van der Waals surface area contributed by atoms with Crippen LogP contribution in [0.1, 0.15) is 6.42 Å². The van der Waals surface area contributed by atoms with E-state index in [0.717, 1.165) is 0 Å². The first-order valence-corrected chi connectivity index (χ1v) is 6.23. The molecular weight excluding hydrogens is 279 g/mol. The van der Waals surface area contributed by atoms with Gasteiger partial charge in [0.05, 0.1) is 28.5 Å². The maximum Gasteiger partial charge on any atom is 0.267 e. The molecule has 19 heavy (non-hydrogen) atoms. The first-order valence-electron chi connectivity index (χ1n) is 5.85. The smallest absolute Gasteiger partial charge is 0.267 e. The summed E-state index contributed by atoms with van der Waals surface area (Å²) < 4.78 is 39.8. The summed E-state index contributed by atoms with van der Waals surface area (Å²) in [6, 6.07) is 4.27. The van der Waals surface area contributed by atoms with Crippen LogP contribution in [0, 0.1) is 0 Å². The number of rotatable bonds is 2. The van der Waals surface area contributed by atoms with Crippen LogP contribution in [0.3, 0.4) is 0 Å². The van der Waals surface area contributed by atoms with Crippen LogP contribution >= 0.6 is 11.6 Å². The Hall–Kier alpha value is -1.43. The van der Waals surface area contributed by atoms with E-state index < -0.39 is 31.6 Å². The molecule has 102 valence electrons. The van der Waals surface area contributed by atoms with Crippen molar-refractivity contribution in [2.24, 2.45) is 0 Å². The third kappa shape index (κ3) is 2.04. The van der Waals surface area contributed by atoms with Gasteiger partial charge in [0.2, 0.25) is 0 Å². The van der Waals surface area contributed by atoms with Crippen LogP contribution in [0.2, 0.25) is 5.02 Å². The Morgan fingerprint density at radius 1 is 1.47 bits per heavy atom. The maximum atomic E-state index is 13.4. The van der Waals surface area contributed by atoms with Crippen LogP contribution in [0.5, 0.6) is 0 Å². The average Bonchev–Trinajstić information content (AvgIpc) is 2.90. The van der Waals surface area contributed by atoms with Gasteiger partial charge in [0, 0.05) is 6.42 Å². The van der Waals surface area contributed by atoms with E-state index >= 15 is 0 Å². The summed E-state index contributed by atoms with van der Waals surface area (Å²) >= 11 is 6.08. The zero-order chi connectivity index (χ0) is 13.6. The topological polar surface area (TPSA) is 31.9 Å². The number of anilines is 1. The number of nitrogens with one attached hydrogen (secondary N) is 1. The minimum Gasteiger partial charge on any atom is -0.343 e. The molecular formula is C12H11ClF3N3. The third-order valence-electron chi connectivity index (χ3n) is 3.35. The quantitative estimate of drug-likeness (QED) is 0.919. The number of halogens is 4. The summed E-state index contributed by atoms with van der Waals surface area (Å²) in [6.07, 6.45) is -0.498. The molecule has 1 aliphatic rings. The Morgan fingerprint density at radius 3 is 3.00 bits per heavy atom. The van der Waals surface area contributed by atoms with Gasteiger partial charge in [-0.05, 0) is 12.1 Å². The zero-order valence-corrected chi connectivity index (χ0v) is 10.6. The second kappa shape index (κ2) is 4.30. The van der Waals surface area contributed by atoms with Gasteiger partial charge in [-0.3, -0.25) is 5.10 Å². The van der Waals surface area contributed by atoms with Crippen LogP contribution in [0.15, 0.2) is 18.2 Å². The molecule has 0 radical (unpaired) electrons. The maximum absolute atomic E-state index is 13.4. The van der Waals surface area contributed by atoms with Crippen molar-refractivity contribution < 1.29 is 13.2 Å². The Labute approximate surface area is 112 Å². The van der Waals surface area contributed by atoms with Crippen molar-refractivity contribution in [2.45, 2.75) is 18.4 Å².